The summed E-state index contributed by atoms with van der Waals surface area (Å²) in [5.74, 6) is 0. The van der Waals surface area contributed by atoms with Crippen LogP contribution >= 0.6 is 0 Å². The van der Waals surface area contributed by atoms with Crippen molar-refractivity contribution in [2.45, 2.75) is 33.6 Å². The number of benzene rings is 6. The van der Waals surface area contributed by atoms with Crippen molar-refractivity contribution in [3.63, 3.8) is 0 Å². The smallest absolute Gasteiger partial charge is 0.293 e. The Morgan fingerprint density at radius 3 is 1.41 bits per heavy atom. The molecule has 0 unspecified atom stereocenters. The molecular formula is C42H44N4O3. The molecule has 0 aliphatic heterocycles. The molecule has 0 amide bonds. The Bertz CT molecular complexity index is 1930. The fourth-order valence-electron chi connectivity index (χ4n) is 5.28. The highest BCUT2D eigenvalue weighted by molar-refractivity contribution is 5.80. The second kappa shape index (κ2) is 18.4. The zero-order valence-corrected chi connectivity index (χ0v) is 28.3. The van der Waals surface area contributed by atoms with Crippen molar-refractivity contribution < 1.29 is 10.0 Å². The number of nitro groups is 1. The quantitative estimate of drug-likeness (QED) is 0.0702. The van der Waals surface area contributed by atoms with Crippen molar-refractivity contribution >= 4 is 34.1 Å². The molecule has 0 saturated carbocycles. The van der Waals surface area contributed by atoms with Crippen LogP contribution in [-0.4, -0.2) is 16.6 Å². The van der Waals surface area contributed by atoms with E-state index in [-0.39, 0.29) is 17.2 Å². The second-order valence-electron chi connectivity index (χ2n) is 11.1. The normalized spacial score (nSPS) is 10.1. The molecule has 6 aromatic rings. The maximum Gasteiger partial charge on any atom is 0.293 e. The lowest BCUT2D eigenvalue weighted by Crippen LogP contribution is -1.99. The van der Waals surface area contributed by atoms with E-state index in [1.54, 1.807) is 19.1 Å². The van der Waals surface area contributed by atoms with E-state index in [1.807, 2.05) is 97.1 Å². The van der Waals surface area contributed by atoms with E-state index in [1.165, 1.54) is 11.1 Å². The van der Waals surface area contributed by atoms with Crippen LogP contribution in [0.1, 0.15) is 31.9 Å². The van der Waals surface area contributed by atoms with Gasteiger partial charge in [-0.1, -0.05) is 123 Å². The fourth-order valence-corrected chi connectivity index (χ4v) is 5.28. The minimum absolute atomic E-state index is 0.0715. The lowest BCUT2D eigenvalue weighted by molar-refractivity contribution is -0.383. The van der Waals surface area contributed by atoms with E-state index in [0.717, 1.165) is 57.8 Å². The predicted molar refractivity (Wildman–Crippen MR) is 206 cm³/mol. The third kappa shape index (κ3) is 10.0. The molecule has 6 rings (SSSR count). The first-order chi connectivity index (χ1) is 23.9. The number of aliphatic hydroxyl groups is 1. The van der Waals surface area contributed by atoms with Gasteiger partial charge in [-0.05, 0) is 83.5 Å². The van der Waals surface area contributed by atoms with Crippen LogP contribution in [0.4, 0.5) is 34.1 Å². The zero-order valence-electron chi connectivity index (χ0n) is 28.3. The molecule has 250 valence electrons. The van der Waals surface area contributed by atoms with Crippen molar-refractivity contribution in [3.8, 4) is 22.3 Å². The van der Waals surface area contributed by atoms with Crippen molar-refractivity contribution in [1.29, 1.82) is 0 Å². The lowest BCUT2D eigenvalue weighted by Gasteiger charge is -2.14. The number of nitrogens with two attached hydrogens (primary N) is 1. The molecule has 5 N–H and O–H groups in total. The first kappa shape index (κ1) is 35.9. The van der Waals surface area contributed by atoms with Gasteiger partial charge in [0.2, 0.25) is 0 Å². The maximum atomic E-state index is 11.5. The molecule has 0 heterocycles. The lowest BCUT2D eigenvalue weighted by atomic mass is 10.0. The number of nitro benzene ring substituents is 1. The number of hydrogen-bond acceptors (Lipinski definition) is 6. The van der Waals surface area contributed by atoms with E-state index < -0.39 is 0 Å². The molecule has 0 bridgehead atoms. The standard InChI is InChI=1S/C20H18N2O2.C20H20N2.C2H6O/c1-2-15-8-6-7-11-18(15)21-19-13-12-17(14-20(19)22(23)24)16-9-4-3-5-10-16;1-2-15-8-6-7-11-19(15)22-20-13-12-17(14-18(20)21)16-9-4-3-5-10-16;1-2-3/h3-14,21H,2H2,1H3;3-14,22H,2,21H2,1H3;3H,2H2,1H3. The van der Waals surface area contributed by atoms with E-state index in [2.05, 4.69) is 60.9 Å². The number of nitrogens with zero attached hydrogens (tertiary/aromatic N) is 1. The SMILES string of the molecule is CCO.CCc1ccccc1Nc1ccc(-c2ccccc2)cc1N.CCc1ccccc1Nc1ccc(-c2ccccc2)cc1[N+](=O)[O-]. The number of nitrogen functional groups attached to an aromatic ring is 1. The molecule has 0 saturated heterocycles. The molecule has 6 aromatic carbocycles. The van der Waals surface area contributed by atoms with Gasteiger partial charge >= 0.3 is 0 Å². The number of aliphatic hydroxyl groups excluding tert-OH is 1. The Morgan fingerprint density at radius 2 is 0.959 bits per heavy atom. The van der Waals surface area contributed by atoms with Crippen LogP contribution in [0.2, 0.25) is 0 Å². The van der Waals surface area contributed by atoms with Gasteiger partial charge in [0, 0.05) is 24.0 Å². The van der Waals surface area contributed by atoms with Crippen LogP contribution in [0, 0.1) is 10.1 Å². The topological polar surface area (TPSA) is 113 Å². The van der Waals surface area contributed by atoms with Gasteiger partial charge in [0.05, 0.1) is 16.3 Å². The first-order valence-corrected chi connectivity index (χ1v) is 16.5. The molecule has 49 heavy (non-hydrogen) atoms. The Hall–Kier alpha value is -5.92. The van der Waals surface area contributed by atoms with E-state index in [9.17, 15) is 10.1 Å². The molecule has 0 aliphatic rings. The summed E-state index contributed by atoms with van der Waals surface area (Å²) in [6.45, 7) is 6.15. The van der Waals surface area contributed by atoms with E-state index in [0.29, 0.717) is 5.69 Å². The predicted octanol–water partition coefficient (Wildman–Crippen LogP) is 10.8. The van der Waals surface area contributed by atoms with Crippen LogP contribution in [0.5, 0.6) is 0 Å². The summed E-state index contributed by atoms with van der Waals surface area (Å²) < 4.78 is 0. The molecule has 0 spiro atoms. The van der Waals surface area contributed by atoms with Crippen LogP contribution in [0.25, 0.3) is 22.3 Å². The van der Waals surface area contributed by atoms with Gasteiger partial charge in [-0.2, -0.15) is 0 Å². The monoisotopic (exact) mass is 652 g/mol. The Balaban J connectivity index is 0.000000205. The third-order valence-corrected chi connectivity index (χ3v) is 7.80. The summed E-state index contributed by atoms with van der Waals surface area (Å²) in [5, 5.41) is 25.7. The van der Waals surface area contributed by atoms with Gasteiger partial charge in [0.1, 0.15) is 5.69 Å². The van der Waals surface area contributed by atoms with Crippen molar-refractivity contribution in [2.75, 3.05) is 23.0 Å². The molecule has 7 heteroatoms. The van der Waals surface area contributed by atoms with Crippen LogP contribution in [-0.2, 0) is 12.8 Å². The van der Waals surface area contributed by atoms with Gasteiger partial charge in [-0.15, -0.1) is 0 Å². The number of anilines is 5. The zero-order chi connectivity index (χ0) is 35.0. The molecule has 0 aromatic heterocycles. The van der Waals surface area contributed by atoms with E-state index >= 15 is 0 Å². The van der Waals surface area contributed by atoms with Crippen LogP contribution < -0.4 is 16.4 Å². The van der Waals surface area contributed by atoms with Crippen molar-refractivity contribution in [3.05, 3.63) is 167 Å². The third-order valence-electron chi connectivity index (χ3n) is 7.80. The Kier molecular flexibility index (Phi) is 13.5. The number of para-hydroxylation sites is 2. The summed E-state index contributed by atoms with van der Waals surface area (Å²) in [6, 6.07) is 47.6. The number of rotatable bonds is 9. The Morgan fingerprint density at radius 1 is 0.551 bits per heavy atom. The largest absolute Gasteiger partial charge is 0.397 e. The number of aryl methyl sites for hydroxylation is 2. The van der Waals surface area contributed by atoms with Gasteiger partial charge < -0.3 is 21.5 Å². The van der Waals surface area contributed by atoms with Crippen LogP contribution in [0.15, 0.2) is 146 Å². The summed E-state index contributed by atoms with van der Waals surface area (Å²) in [4.78, 5) is 11.2. The summed E-state index contributed by atoms with van der Waals surface area (Å²) in [5.41, 5.74) is 17.0. The molecular weight excluding hydrogens is 608 g/mol. The fraction of sp³-hybridized carbons (Fsp3) is 0.143. The van der Waals surface area contributed by atoms with Gasteiger partial charge in [-0.3, -0.25) is 10.1 Å². The molecule has 0 aliphatic carbocycles. The van der Waals surface area contributed by atoms with Gasteiger partial charge in [0.15, 0.2) is 0 Å². The molecule has 0 fully saturated rings. The van der Waals surface area contributed by atoms with Crippen molar-refractivity contribution in [1.82, 2.24) is 0 Å². The average molecular weight is 653 g/mol. The highest BCUT2D eigenvalue weighted by atomic mass is 16.6. The number of nitrogens with one attached hydrogen (secondary N) is 2. The van der Waals surface area contributed by atoms with Crippen molar-refractivity contribution in [2.24, 2.45) is 0 Å². The first-order valence-electron chi connectivity index (χ1n) is 16.5. The minimum Gasteiger partial charge on any atom is -0.397 e. The minimum atomic E-state index is -0.344. The van der Waals surface area contributed by atoms with E-state index in [4.69, 9.17) is 10.8 Å². The number of hydrogen-bond donors (Lipinski definition) is 4. The highest BCUT2D eigenvalue weighted by Crippen LogP contribution is 2.34. The molecule has 0 radical (unpaired) electrons. The van der Waals surface area contributed by atoms with Gasteiger partial charge in [-0.25, -0.2) is 0 Å². The maximum absolute atomic E-state index is 11.5. The van der Waals surface area contributed by atoms with Gasteiger partial charge in [0.25, 0.3) is 5.69 Å². The van der Waals surface area contributed by atoms with Crippen LogP contribution in [0.3, 0.4) is 0 Å². The summed E-state index contributed by atoms with van der Waals surface area (Å²) in [6.07, 6.45) is 1.85. The second-order valence-corrected chi connectivity index (χ2v) is 11.1. The Labute approximate surface area is 289 Å². The molecule has 7 nitrogen and oxygen atoms in total. The molecule has 0 atom stereocenters. The summed E-state index contributed by atoms with van der Waals surface area (Å²) >= 11 is 0. The summed E-state index contributed by atoms with van der Waals surface area (Å²) in [7, 11) is 0. The highest BCUT2D eigenvalue weighted by Gasteiger charge is 2.16. The average Bonchev–Trinajstić information content (AvgIpc) is 3.14.